The van der Waals surface area contributed by atoms with E-state index in [9.17, 15) is 4.79 Å². The summed E-state index contributed by atoms with van der Waals surface area (Å²) in [6.07, 6.45) is 5.75. The lowest BCUT2D eigenvalue weighted by Crippen LogP contribution is -2.31. The number of carbonyl (C=O) groups is 1. The highest BCUT2D eigenvalue weighted by atomic mass is 16.1. The average Bonchev–Trinajstić information content (AvgIpc) is 2.85. The second-order valence-corrected chi connectivity index (χ2v) is 5.73. The zero-order valence-corrected chi connectivity index (χ0v) is 11.9. The number of amides is 1. The van der Waals surface area contributed by atoms with E-state index in [-0.39, 0.29) is 11.8 Å². The molecule has 0 saturated heterocycles. The summed E-state index contributed by atoms with van der Waals surface area (Å²) in [5, 5.41) is 3.07. The third-order valence-corrected chi connectivity index (χ3v) is 4.11. The van der Waals surface area contributed by atoms with Crippen LogP contribution in [-0.4, -0.2) is 15.9 Å². The largest absolute Gasteiger partial charge is 0.352 e. The normalized spacial score (nSPS) is 16.4. The smallest absolute Gasteiger partial charge is 0.223 e. The topological polar surface area (TPSA) is 57.8 Å². The summed E-state index contributed by atoms with van der Waals surface area (Å²) >= 11 is 0. The third kappa shape index (κ3) is 2.84. The lowest BCUT2D eigenvalue weighted by atomic mass is 9.88. The number of hydrogen-bond acceptors (Lipinski definition) is 2. The maximum atomic E-state index is 12.1. The highest BCUT2D eigenvalue weighted by molar-refractivity contribution is 5.79. The number of benzene rings is 1. The summed E-state index contributed by atoms with van der Waals surface area (Å²) < 4.78 is 0. The van der Waals surface area contributed by atoms with Gasteiger partial charge in [-0.3, -0.25) is 4.79 Å². The van der Waals surface area contributed by atoms with Crippen LogP contribution in [0.25, 0.3) is 11.0 Å². The van der Waals surface area contributed by atoms with Crippen molar-refractivity contribution in [1.29, 1.82) is 0 Å². The number of aromatic amines is 1. The second-order valence-electron chi connectivity index (χ2n) is 5.73. The van der Waals surface area contributed by atoms with E-state index >= 15 is 0 Å². The van der Waals surface area contributed by atoms with E-state index < -0.39 is 0 Å². The quantitative estimate of drug-likeness (QED) is 0.901. The predicted molar refractivity (Wildman–Crippen MR) is 79.3 cm³/mol. The number of aromatic nitrogens is 2. The number of imidazole rings is 1. The lowest BCUT2D eigenvalue weighted by Gasteiger charge is -2.20. The van der Waals surface area contributed by atoms with E-state index in [2.05, 4.69) is 21.4 Å². The van der Waals surface area contributed by atoms with Gasteiger partial charge in [-0.25, -0.2) is 4.98 Å². The minimum Gasteiger partial charge on any atom is -0.352 e. The minimum absolute atomic E-state index is 0.214. The SMILES string of the molecule is Cc1nc2ccc(CNC(=O)C3CCCCC3)cc2[nH]1. The van der Waals surface area contributed by atoms with Gasteiger partial charge in [0.25, 0.3) is 0 Å². The number of hydrogen-bond donors (Lipinski definition) is 2. The van der Waals surface area contributed by atoms with Crippen LogP contribution in [0.15, 0.2) is 18.2 Å². The van der Waals surface area contributed by atoms with Gasteiger partial charge in [-0.2, -0.15) is 0 Å². The molecule has 1 aromatic carbocycles. The van der Waals surface area contributed by atoms with Crippen LogP contribution >= 0.6 is 0 Å². The molecule has 1 heterocycles. The molecule has 0 unspecified atom stereocenters. The van der Waals surface area contributed by atoms with Crippen LogP contribution < -0.4 is 5.32 Å². The molecule has 3 rings (SSSR count). The van der Waals surface area contributed by atoms with Gasteiger partial charge in [0.2, 0.25) is 5.91 Å². The number of nitrogens with zero attached hydrogens (tertiary/aromatic N) is 1. The van der Waals surface area contributed by atoms with Gasteiger partial charge >= 0.3 is 0 Å². The summed E-state index contributed by atoms with van der Waals surface area (Å²) in [5.74, 6) is 1.36. The summed E-state index contributed by atoms with van der Waals surface area (Å²) in [5.41, 5.74) is 3.13. The number of nitrogens with one attached hydrogen (secondary N) is 2. The summed E-state index contributed by atoms with van der Waals surface area (Å²) in [6.45, 7) is 2.55. The molecule has 1 saturated carbocycles. The molecule has 4 nitrogen and oxygen atoms in total. The molecule has 1 fully saturated rings. The molecule has 0 atom stereocenters. The number of H-pyrrole nitrogens is 1. The molecule has 1 amide bonds. The van der Waals surface area contributed by atoms with Gasteiger partial charge < -0.3 is 10.3 Å². The Kier molecular flexibility index (Phi) is 3.72. The van der Waals surface area contributed by atoms with Gasteiger partial charge in [-0.1, -0.05) is 25.3 Å². The third-order valence-electron chi connectivity index (χ3n) is 4.11. The number of fused-ring (bicyclic) bond motifs is 1. The van der Waals surface area contributed by atoms with Gasteiger partial charge in [-0.05, 0) is 37.5 Å². The fourth-order valence-corrected chi connectivity index (χ4v) is 2.99. The van der Waals surface area contributed by atoms with E-state index in [4.69, 9.17) is 0 Å². The van der Waals surface area contributed by atoms with Gasteiger partial charge in [0, 0.05) is 12.5 Å². The molecule has 0 spiro atoms. The van der Waals surface area contributed by atoms with Gasteiger partial charge in [0.1, 0.15) is 5.82 Å². The maximum absolute atomic E-state index is 12.1. The first-order chi connectivity index (χ1) is 9.72. The highest BCUT2D eigenvalue weighted by Gasteiger charge is 2.20. The van der Waals surface area contributed by atoms with E-state index in [0.29, 0.717) is 6.54 Å². The van der Waals surface area contributed by atoms with E-state index in [1.165, 1.54) is 19.3 Å². The van der Waals surface area contributed by atoms with Crippen molar-refractivity contribution in [3.63, 3.8) is 0 Å². The van der Waals surface area contributed by atoms with Crippen LogP contribution in [-0.2, 0) is 11.3 Å². The summed E-state index contributed by atoms with van der Waals surface area (Å²) in [7, 11) is 0. The molecule has 2 aromatic rings. The van der Waals surface area contributed by atoms with Crippen LogP contribution in [0.2, 0.25) is 0 Å². The average molecular weight is 271 g/mol. The second kappa shape index (κ2) is 5.65. The van der Waals surface area contributed by atoms with Crippen molar-refractivity contribution in [2.75, 3.05) is 0 Å². The monoisotopic (exact) mass is 271 g/mol. The molecule has 20 heavy (non-hydrogen) atoms. The molecular formula is C16H21N3O. The van der Waals surface area contributed by atoms with E-state index in [1.807, 2.05) is 19.1 Å². The fraction of sp³-hybridized carbons (Fsp3) is 0.500. The van der Waals surface area contributed by atoms with Crippen LogP contribution in [0.3, 0.4) is 0 Å². The van der Waals surface area contributed by atoms with Crippen molar-refractivity contribution in [2.24, 2.45) is 5.92 Å². The van der Waals surface area contributed by atoms with Crippen molar-refractivity contribution in [2.45, 2.75) is 45.6 Å². The van der Waals surface area contributed by atoms with Crippen LogP contribution in [0.5, 0.6) is 0 Å². The van der Waals surface area contributed by atoms with Gasteiger partial charge in [-0.15, -0.1) is 0 Å². The Hall–Kier alpha value is -1.84. The zero-order chi connectivity index (χ0) is 13.9. The fourth-order valence-electron chi connectivity index (χ4n) is 2.99. The highest BCUT2D eigenvalue weighted by Crippen LogP contribution is 2.23. The van der Waals surface area contributed by atoms with Crippen molar-refractivity contribution >= 4 is 16.9 Å². The molecule has 4 heteroatoms. The first kappa shape index (κ1) is 13.2. The van der Waals surface area contributed by atoms with E-state index in [1.54, 1.807) is 0 Å². The number of aryl methyl sites for hydroxylation is 1. The number of carbonyl (C=O) groups excluding carboxylic acids is 1. The minimum atomic E-state index is 0.214. The molecule has 0 bridgehead atoms. The molecule has 1 aromatic heterocycles. The van der Waals surface area contributed by atoms with Crippen molar-refractivity contribution in [1.82, 2.24) is 15.3 Å². The Morgan fingerprint density at radius 1 is 1.35 bits per heavy atom. The molecule has 1 aliphatic carbocycles. The predicted octanol–water partition coefficient (Wildman–Crippen LogP) is 3.07. The van der Waals surface area contributed by atoms with Crippen molar-refractivity contribution in [3.8, 4) is 0 Å². The summed E-state index contributed by atoms with van der Waals surface area (Å²) in [4.78, 5) is 19.7. The Morgan fingerprint density at radius 3 is 2.95 bits per heavy atom. The Labute approximate surface area is 119 Å². The van der Waals surface area contributed by atoms with Gasteiger partial charge in [0.15, 0.2) is 0 Å². The first-order valence-corrected chi connectivity index (χ1v) is 7.45. The molecule has 2 N–H and O–H groups in total. The lowest BCUT2D eigenvalue weighted by molar-refractivity contribution is -0.126. The standard InChI is InChI=1S/C16H21N3O/c1-11-18-14-8-7-12(9-15(14)19-11)10-17-16(20)13-5-3-2-4-6-13/h7-9,13H,2-6,10H2,1H3,(H,17,20)(H,18,19). The maximum Gasteiger partial charge on any atom is 0.223 e. The molecule has 0 aliphatic heterocycles. The van der Waals surface area contributed by atoms with Crippen LogP contribution in [0.4, 0.5) is 0 Å². The zero-order valence-electron chi connectivity index (χ0n) is 11.9. The van der Waals surface area contributed by atoms with Gasteiger partial charge in [0.05, 0.1) is 11.0 Å². The first-order valence-electron chi connectivity index (χ1n) is 7.45. The van der Waals surface area contributed by atoms with Crippen molar-refractivity contribution < 1.29 is 4.79 Å². The van der Waals surface area contributed by atoms with Crippen molar-refractivity contribution in [3.05, 3.63) is 29.6 Å². The Morgan fingerprint density at radius 2 is 2.15 bits per heavy atom. The molecule has 0 radical (unpaired) electrons. The van der Waals surface area contributed by atoms with Crippen LogP contribution in [0.1, 0.15) is 43.5 Å². The van der Waals surface area contributed by atoms with Crippen LogP contribution in [0, 0.1) is 12.8 Å². The van der Waals surface area contributed by atoms with E-state index in [0.717, 1.165) is 35.3 Å². The molecule has 1 aliphatic rings. The molecular weight excluding hydrogens is 250 g/mol. The Bertz CT molecular complexity index is 611. The Balaban J connectivity index is 1.62. The molecule has 106 valence electrons. The summed E-state index contributed by atoms with van der Waals surface area (Å²) in [6, 6.07) is 6.10. The number of rotatable bonds is 3.